The van der Waals surface area contributed by atoms with Gasteiger partial charge in [0.2, 0.25) is 5.91 Å². The summed E-state index contributed by atoms with van der Waals surface area (Å²) in [5, 5.41) is 21.5. The van der Waals surface area contributed by atoms with Crippen LogP contribution in [0.1, 0.15) is 97.3 Å². The standard InChI is InChI=1S/C21H41NO3/c1-3-4-5-6-7-8-9-10-11-12-13-14-15-16-17-21(18-23,19-24)22-20(2)25/h15-16,23-24H,3-14,17-19H2,1-2H3,(H,22,25). The number of aliphatic hydroxyl groups is 2. The first kappa shape index (κ1) is 24.1. The lowest BCUT2D eigenvalue weighted by atomic mass is 9.96. The first-order chi connectivity index (χ1) is 12.1. The third-order valence-corrected chi connectivity index (χ3v) is 4.70. The van der Waals surface area contributed by atoms with Crippen molar-refractivity contribution in [3.8, 4) is 0 Å². The Bertz CT molecular complexity index is 338. The Morgan fingerprint density at radius 3 is 1.76 bits per heavy atom. The molecule has 0 fully saturated rings. The Balaban J connectivity index is 3.58. The molecule has 0 rings (SSSR count). The van der Waals surface area contributed by atoms with Crippen molar-refractivity contribution in [3.05, 3.63) is 12.2 Å². The number of rotatable bonds is 17. The van der Waals surface area contributed by atoms with Crippen LogP contribution >= 0.6 is 0 Å². The molecule has 0 saturated carbocycles. The lowest BCUT2D eigenvalue weighted by molar-refractivity contribution is -0.122. The van der Waals surface area contributed by atoms with Gasteiger partial charge in [-0.05, 0) is 19.3 Å². The molecular formula is C21H41NO3. The van der Waals surface area contributed by atoms with Crippen molar-refractivity contribution < 1.29 is 15.0 Å². The molecule has 25 heavy (non-hydrogen) atoms. The van der Waals surface area contributed by atoms with Gasteiger partial charge in [-0.15, -0.1) is 0 Å². The van der Waals surface area contributed by atoms with Crippen LogP contribution in [-0.2, 0) is 4.79 Å². The van der Waals surface area contributed by atoms with Gasteiger partial charge in [-0.2, -0.15) is 0 Å². The minimum Gasteiger partial charge on any atom is -0.394 e. The van der Waals surface area contributed by atoms with Gasteiger partial charge in [0.1, 0.15) is 0 Å². The molecule has 0 spiro atoms. The summed E-state index contributed by atoms with van der Waals surface area (Å²) in [6.07, 6.45) is 20.3. The number of hydrogen-bond acceptors (Lipinski definition) is 3. The van der Waals surface area contributed by atoms with Crippen molar-refractivity contribution in [2.75, 3.05) is 13.2 Å². The molecule has 0 aliphatic carbocycles. The zero-order chi connectivity index (χ0) is 18.8. The monoisotopic (exact) mass is 355 g/mol. The maximum Gasteiger partial charge on any atom is 0.217 e. The summed E-state index contributed by atoms with van der Waals surface area (Å²) < 4.78 is 0. The third kappa shape index (κ3) is 14.0. The lowest BCUT2D eigenvalue weighted by Gasteiger charge is -2.29. The van der Waals surface area contributed by atoms with Gasteiger partial charge in [0, 0.05) is 6.92 Å². The number of allylic oxidation sites excluding steroid dienone is 1. The number of hydrogen-bond donors (Lipinski definition) is 3. The molecule has 0 saturated heterocycles. The number of nitrogens with one attached hydrogen (secondary N) is 1. The fourth-order valence-electron chi connectivity index (χ4n) is 3.04. The molecule has 3 N–H and O–H groups in total. The van der Waals surface area contributed by atoms with Crippen LogP contribution in [0.2, 0.25) is 0 Å². The fourth-order valence-corrected chi connectivity index (χ4v) is 3.04. The number of aliphatic hydroxyl groups excluding tert-OH is 2. The van der Waals surface area contributed by atoms with E-state index in [-0.39, 0.29) is 19.1 Å². The molecule has 0 aromatic rings. The predicted molar refractivity (Wildman–Crippen MR) is 106 cm³/mol. The summed E-state index contributed by atoms with van der Waals surface area (Å²) in [7, 11) is 0. The molecule has 0 atom stereocenters. The van der Waals surface area contributed by atoms with E-state index in [4.69, 9.17) is 0 Å². The second-order valence-electron chi connectivity index (χ2n) is 7.28. The summed E-state index contributed by atoms with van der Waals surface area (Å²) >= 11 is 0. The Morgan fingerprint density at radius 1 is 0.840 bits per heavy atom. The highest BCUT2D eigenvalue weighted by Gasteiger charge is 2.27. The summed E-state index contributed by atoms with van der Waals surface area (Å²) in [4.78, 5) is 11.2. The summed E-state index contributed by atoms with van der Waals surface area (Å²) in [6, 6.07) is 0. The van der Waals surface area contributed by atoms with Crippen molar-refractivity contribution in [1.82, 2.24) is 5.32 Å². The second kappa shape index (κ2) is 16.6. The molecule has 0 bridgehead atoms. The molecule has 0 aliphatic rings. The normalized spacial score (nSPS) is 12.0. The number of unbranched alkanes of at least 4 members (excludes halogenated alkanes) is 11. The van der Waals surface area contributed by atoms with E-state index in [1.165, 1.54) is 77.6 Å². The maximum absolute atomic E-state index is 11.2. The predicted octanol–water partition coefficient (Wildman–Crippen LogP) is 4.49. The van der Waals surface area contributed by atoms with Crippen LogP contribution in [0.4, 0.5) is 0 Å². The molecule has 148 valence electrons. The van der Waals surface area contributed by atoms with Crippen LogP contribution in [-0.4, -0.2) is 34.9 Å². The minimum absolute atomic E-state index is 0.234. The van der Waals surface area contributed by atoms with Crippen LogP contribution in [0.3, 0.4) is 0 Å². The average Bonchev–Trinajstić information content (AvgIpc) is 2.60. The van der Waals surface area contributed by atoms with Crippen LogP contribution in [0, 0.1) is 0 Å². The molecule has 0 radical (unpaired) electrons. The van der Waals surface area contributed by atoms with Gasteiger partial charge in [0.25, 0.3) is 0 Å². The SMILES string of the molecule is CCCCCCCCCCCCCC=CCC(CO)(CO)NC(C)=O. The summed E-state index contributed by atoms with van der Waals surface area (Å²) in [5.41, 5.74) is -0.931. The minimum atomic E-state index is -0.931. The van der Waals surface area contributed by atoms with Gasteiger partial charge in [-0.3, -0.25) is 4.79 Å². The van der Waals surface area contributed by atoms with Gasteiger partial charge in [-0.1, -0.05) is 83.3 Å². The van der Waals surface area contributed by atoms with E-state index in [2.05, 4.69) is 18.3 Å². The van der Waals surface area contributed by atoms with Crippen molar-refractivity contribution in [1.29, 1.82) is 0 Å². The van der Waals surface area contributed by atoms with Crippen molar-refractivity contribution in [3.63, 3.8) is 0 Å². The molecule has 0 unspecified atom stereocenters. The van der Waals surface area contributed by atoms with Crippen molar-refractivity contribution in [2.24, 2.45) is 0 Å². The Labute approximate surface area is 155 Å². The highest BCUT2D eigenvalue weighted by Crippen LogP contribution is 2.13. The van der Waals surface area contributed by atoms with Crippen molar-refractivity contribution in [2.45, 2.75) is 103 Å². The van der Waals surface area contributed by atoms with Crippen LogP contribution < -0.4 is 5.32 Å². The van der Waals surface area contributed by atoms with E-state index >= 15 is 0 Å². The van der Waals surface area contributed by atoms with E-state index in [1.807, 2.05) is 6.08 Å². The first-order valence-corrected chi connectivity index (χ1v) is 10.3. The second-order valence-corrected chi connectivity index (χ2v) is 7.28. The molecule has 4 nitrogen and oxygen atoms in total. The molecule has 0 aliphatic heterocycles. The quantitative estimate of drug-likeness (QED) is 0.266. The third-order valence-electron chi connectivity index (χ3n) is 4.70. The van der Waals surface area contributed by atoms with Gasteiger partial charge >= 0.3 is 0 Å². The van der Waals surface area contributed by atoms with E-state index in [0.717, 1.165) is 6.42 Å². The number of carbonyl (C=O) groups excluding carboxylic acids is 1. The van der Waals surface area contributed by atoms with Gasteiger partial charge < -0.3 is 15.5 Å². The fraction of sp³-hybridized carbons (Fsp3) is 0.857. The maximum atomic E-state index is 11.2. The molecule has 1 amide bonds. The van der Waals surface area contributed by atoms with Gasteiger partial charge in [0.15, 0.2) is 0 Å². The zero-order valence-electron chi connectivity index (χ0n) is 16.6. The number of amides is 1. The Hall–Kier alpha value is -0.870. The molecule has 0 heterocycles. The average molecular weight is 356 g/mol. The van der Waals surface area contributed by atoms with Crippen LogP contribution in [0.5, 0.6) is 0 Å². The van der Waals surface area contributed by atoms with Gasteiger partial charge in [-0.25, -0.2) is 0 Å². The smallest absolute Gasteiger partial charge is 0.217 e. The first-order valence-electron chi connectivity index (χ1n) is 10.3. The van der Waals surface area contributed by atoms with Crippen LogP contribution in [0.25, 0.3) is 0 Å². The topological polar surface area (TPSA) is 69.6 Å². The van der Waals surface area contributed by atoms with Gasteiger partial charge in [0.05, 0.1) is 18.8 Å². The van der Waals surface area contributed by atoms with E-state index in [1.54, 1.807) is 0 Å². The largest absolute Gasteiger partial charge is 0.394 e. The zero-order valence-corrected chi connectivity index (χ0v) is 16.6. The highest BCUT2D eigenvalue weighted by atomic mass is 16.3. The molecule has 4 heteroatoms. The number of carbonyl (C=O) groups is 1. The van der Waals surface area contributed by atoms with E-state index in [9.17, 15) is 15.0 Å². The molecule has 0 aromatic carbocycles. The van der Waals surface area contributed by atoms with Crippen LogP contribution in [0.15, 0.2) is 12.2 Å². The lowest BCUT2D eigenvalue weighted by Crippen LogP contribution is -2.53. The van der Waals surface area contributed by atoms with E-state index in [0.29, 0.717) is 6.42 Å². The Morgan fingerprint density at radius 2 is 1.32 bits per heavy atom. The molecule has 0 aromatic heterocycles. The summed E-state index contributed by atoms with van der Waals surface area (Å²) in [6.45, 7) is 3.14. The Kier molecular flexibility index (Phi) is 16.0. The summed E-state index contributed by atoms with van der Waals surface area (Å²) in [5.74, 6) is -0.234. The van der Waals surface area contributed by atoms with E-state index < -0.39 is 5.54 Å². The highest BCUT2D eigenvalue weighted by molar-refractivity contribution is 5.73. The van der Waals surface area contributed by atoms with Crippen molar-refractivity contribution >= 4 is 5.91 Å². The molecular weight excluding hydrogens is 314 g/mol.